The van der Waals surface area contributed by atoms with Crippen molar-refractivity contribution in [2.45, 2.75) is 129 Å². The number of allylic oxidation sites excluding steroid dienone is 2. The molecule has 0 bridgehead atoms. The Kier molecular flexibility index (Phi) is 21.4. The van der Waals surface area contributed by atoms with Crippen LogP contribution in [0, 0.1) is 5.92 Å². The largest absolute Gasteiger partial charge is 0.481 e. The minimum absolute atomic E-state index is 0.117. The summed E-state index contributed by atoms with van der Waals surface area (Å²) >= 11 is 0. The third kappa shape index (κ3) is 20.0. The molecule has 0 aromatic heterocycles. The molecule has 0 spiro atoms. The van der Waals surface area contributed by atoms with Gasteiger partial charge in [-0.25, -0.2) is 0 Å². The highest BCUT2D eigenvalue weighted by Gasteiger charge is 2.22. The van der Waals surface area contributed by atoms with E-state index in [1.807, 2.05) is 6.92 Å². The van der Waals surface area contributed by atoms with Crippen molar-refractivity contribution in [3.05, 3.63) is 12.2 Å². The van der Waals surface area contributed by atoms with Crippen molar-refractivity contribution in [3.8, 4) is 0 Å². The Morgan fingerprint density at radius 1 is 0.733 bits per heavy atom. The van der Waals surface area contributed by atoms with E-state index >= 15 is 0 Å². The first-order valence-electron chi connectivity index (χ1n) is 12.6. The number of carbonyl (C=O) groups is 2. The van der Waals surface area contributed by atoms with Crippen molar-refractivity contribution < 1.29 is 19.4 Å². The summed E-state index contributed by atoms with van der Waals surface area (Å²) in [7, 11) is 0. The smallest absolute Gasteiger partial charge is 0.309 e. The van der Waals surface area contributed by atoms with Crippen LogP contribution in [0.15, 0.2) is 12.2 Å². The van der Waals surface area contributed by atoms with Gasteiger partial charge >= 0.3 is 11.9 Å². The van der Waals surface area contributed by atoms with Crippen molar-refractivity contribution in [2.24, 2.45) is 5.92 Å². The standard InChI is InChI=1S/C26H48O4/c1-3-5-6-7-8-9-10-11-12-13-14-15-16-17-18-19-20-21-24(23-25(27)28)26(29)30-22-4-2/h12-13,24H,3-11,14-23H2,1-2H3,(H,27,28)/b13-12+. The summed E-state index contributed by atoms with van der Waals surface area (Å²) in [6.45, 7) is 4.58. The highest BCUT2D eigenvalue weighted by Crippen LogP contribution is 2.18. The minimum atomic E-state index is -0.923. The second-order valence-corrected chi connectivity index (χ2v) is 8.54. The average molecular weight is 425 g/mol. The lowest BCUT2D eigenvalue weighted by Crippen LogP contribution is -2.21. The topological polar surface area (TPSA) is 63.6 Å². The Hall–Kier alpha value is -1.32. The van der Waals surface area contributed by atoms with Crippen LogP contribution in [-0.2, 0) is 14.3 Å². The maximum absolute atomic E-state index is 11.9. The van der Waals surface area contributed by atoms with Gasteiger partial charge in [0.05, 0.1) is 18.9 Å². The summed E-state index contributed by atoms with van der Waals surface area (Å²) in [5.41, 5.74) is 0. The van der Waals surface area contributed by atoms with Gasteiger partial charge in [0.15, 0.2) is 0 Å². The normalized spacial score (nSPS) is 12.3. The number of carboxylic acid groups (broad SMARTS) is 1. The number of aliphatic carboxylic acids is 1. The van der Waals surface area contributed by atoms with Gasteiger partial charge in [0.1, 0.15) is 0 Å². The van der Waals surface area contributed by atoms with E-state index in [0.29, 0.717) is 13.0 Å². The van der Waals surface area contributed by atoms with E-state index in [1.165, 1.54) is 77.0 Å². The van der Waals surface area contributed by atoms with Crippen molar-refractivity contribution >= 4 is 11.9 Å². The third-order valence-corrected chi connectivity index (χ3v) is 5.52. The number of hydrogen-bond acceptors (Lipinski definition) is 3. The quantitative estimate of drug-likeness (QED) is 0.109. The molecule has 0 fully saturated rings. The molecule has 1 N–H and O–H groups in total. The van der Waals surface area contributed by atoms with Gasteiger partial charge in [-0.2, -0.15) is 0 Å². The number of hydrogen-bond donors (Lipinski definition) is 1. The molecule has 0 aliphatic rings. The molecular formula is C26H48O4. The van der Waals surface area contributed by atoms with Crippen LogP contribution < -0.4 is 0 Å². The molecule has 30 heavy (non-hydrogen) atoms. The lowest BCUT2D eigenvalue weighted by molar-refractivity contribution is -0.153. The first-order valence-corrected chi connectivity index (χ1v) is 12.6. The summed E-state index contributed by atoms with van der Waals surface area (Å²) in [6.07, 6.45) is 24.8. The van der Waals surface area contributed by atoms with Crippen LogP contribution in [0.1, 0.15) is 129 Å². The molecule has 4 heteroatoms. The first-order chi connectivity index (χ1) is 14.6. The molecule has 0 heterocycles. The van der Waals surface area contributed by atoms with Crippen LogP contribution in [0.25, 0.3) is 0 Å². The van der Waals surface area contributed by atoms with Crippen LogP contribution in [-0.4, -0.2) is 23.7 Å². The molecule has 0 amide bonds. The Bertz CT molecular complexity index is 431. The van der Waals surface area contributed by atoms with Crippen molar-refractivity contribution in [3.63, 3.8) is 0 Å². The first kappa shape index (κ1) is 28.7. The summed E-state index contributed by atoms with van der Waals surface area (Å²) in [5.74, 6) is -1.76. The van der Waals surface area contributed by atoms with Gasteiger partial charge in [-0.15, -0.1) is 0 Å². The number of carbonyl (C=O) groups excluding carboxylic acids is 1. The van der Waals surface area contributed by atoms with Crippen LogP contribution in [0.2, 0.25) is 0 Å². The van der Waals surface area contributed by atoms with Crippen molar-refractivity contribution in [1.29, 1.82) is 0 Å². The molecule has 0 aliphatic carbocycles. The zero-order chi connectivity index (χ0) is 22.3. The highest BCUT2D eigenvalue weighted by molar-refractivity contribution is 5.79. The summed E-state index contributed by atoms with van der Waals surface area (Å²) in [5, 5.41) is 8.99. The fourth-order valence-corrected chi connectivity index (χ4v) is 3.65. The van der Waals surface area contributed by atoms with Crippen molar-refractivity contribution in [1.82, 2.24) is 0 Å². The lowest BCUT2D eigenvalue weighted by Gasteiger charge is -2.13. The van der Waals surface area contributed by atoms with E-state index in [4.69, 9.17) is 9.84 Å². The molecule has 0 rings (SSSR count). The number of unbranched alkanes of at least 4 members (excludes halogenated alkanes) is 13. The number of ether oxygens (including phenoxy) is 1. The van der Waals surface area contributed by atoms with Gasteiger partial charge in [-0.05, 0) is 38.5 Å². The Morgan fingerprint density at radius 2 is 1.23 bits per heavy atom. The van der Waals surface area contributed by atoms with Gasteiger partial charge in [0.25, 0.3) is 0 Å². The van der Waals surface area contributed by atoms with Gasteiger partial charge in [0, 0.05) is 0 Å². The third-order valence-electron chi connectivity index (χ3n) is 5.52. The van der Waals surface area contributed by atoms with Crippen LogP contribution in [0.4, 0.5) is 0 Å². The molecule has 0 aromatic carbocycles. The maximum atomic E-state index is 11.9. The van der Waals surface area contributed by atoms with Crippen LogP contribution in [0.5, 0.6) is 0 Å². The molecule has 0 saturated heterocycles. The SMILES string of the molecule is CCCCCCCCC/C=C/CCCCCCCCC(CC(=O)O)C(=O)OCCC. The van der Waals surface area contributed by atoms with E-state index in [-0.39, 0.29) is 12.4 Å². The second-order valence-electron chi connectivity index (χ2n) is 8.54. The minimum Gasteiger partial charge on any atom is -0.481 e. The average Bonchev–Trinajstić information content (AvgIpc) is 2.73. The second kappa shape index (κ2) is 22.4. The summed E-state index contributed by atoms with van der Waals surface area (Å²) in [6, 6.07) is 0. The number of carboxylic acids is 1. The predicted molar refractivity (Wildman–Crippen MR) is 126 cm³/mol. The Balaban J connectivity index is 3.54. The molecule has 0 aliphatic heterocycles. The maximum Gasteiger partial charge on any atom is 0.309 e. The zero-order valence-corrected chi connectivity index (χ0v) is 19.8. The van der Waals surface area contributed by atoms with Gasteiger partial charge in [0.2, 0.25) is 0 Å². The molecule has 4 nitrogen and oxygen atoms in total. The fourth-order valence-electron chi connectivity index (χ4n) is 3.65. The summed E-state index contributed by atoms with van der Waals surface area (Å²) < 4.78 is 5.13. The van der Waals surface area contributed by atoms with Crippen LogP contribution >= 0.6 is 0 Å². The summed E-state index contributed by atoms with van der Waals surface area (Å²) in [4.78, 5) is 22.9. The van der Waals surface area contributed by atoms with Gasteiger partial charge in [-0.3, -0.25) is 9.59 Å². The highest BCUT2D eigenvalue weighted by atomic mass is 16.5. The monoisotopic (exact) mass is 424 g/mol. The molecule has 176 valence electrons. The Labute approximate surface area is 185 Å². The van der Waals surface area contributed by atoms with E-state index < -0.39 is 11.9 Å². The molecule has 1 unspecified atom stereocenters. The number of rotatable bonds is 22. The fraction of sp³-hybridized carbons (Fsp3) is 0.846. The van der Waals surface area contributed by atoms with E-state index in [1.54, 1.807) is 0 Å². The van der Waals surface area contributed by atoms with E-state index in [0.717, 1.165) is 25.7 Å². The zero-order valence-electron chi connectivity index (χ0n) is 19.8. The molecule has 0 aromatic rings. The van der Waals surface area contributed by atoms with Crippen LogP contribution in [0.3, 0.4) is 0 Å². The van der Waals surface area contributed by atoms with E-state index in [9.17, 15) is 9.59 Å². The predicted octanol–water partition coefficient (Wildman–Crippen LogP) is 7.85. The Morgan fingerprint density at radius 3 is 1.73 bits per heavy atom. The molecule has 0 radical (unpaired) electrons. The van der Waals surface area contributed by atoms with Gasteiger partial charge < -0.3 is 9.84 Å². The van der Waals surface area contributed by atoms with Crippen molar-refractivity contribution in [2.75, 3.05) is 6.61 Å². The number of esters is 1. The molecular weight excluding hydrogens is 376 g/mol. The molecule has 0 saturated carbocycles. The van der Waals surface area contributed by atoms with E-state index in [2.05, 4.69) is 19.1 Å². The molecule has 1 atom stereocenters. The lowest BCUT2D eigenvalue weighted by atomic mass is 9.97. The van der Waals surface area contributed by atoms with Gasteiger partial charge in [-0.1, -0.05) is 96.6 Å².